The summed E-state index contributed by atoms with van der Waals surface area (Å²) in [6, 6.07) is 11.7. The van der Waals surface area contributed by atoms with Gasteiger partial charge in [-0.25, -0.2) is 4.39 Å². The van der Waals surface area contributed by atoms with Gasteiger partial charge in [0.05, 0.1) is 5.41 Å². The van der Waals surface area contributed by atoms with E-state index in [2.05, 4.69) is 5.32 Å². The number of amides is 1. The van der Waals surface area contributed by atoms with E-state index in [4.69, 9.17) is 11.6 Å². The normalized spacial score (nSPS) is 20.6. The Morgan fingerprint density at radius 1 is 1.20 bits per heavy atom. The van der Waals surface area contributed by atoms with Crippen LogP contribution in [-0.2, 0) is 16.6 Å². The molecule has 2 nitrogen and oxygen atoms in total. The number of carbonyl (C=O) groups is 1. The highest BCUT2D eigenvalue weighted by Gasteiger charge is 2.42. The first kappa shape index (κ1) is 13.1. The smallest absolute Gasteiger partial charge is 0.235 e. The van der Waals surface area contributed by atoms with Gasteiger partial charge in [-0.2, -0.15) is 0 Å². The number of fused-ring (bicyclic) bond motifs is 1. The van der Waals surface area contributed by atoms with E-state index < -0.39 is 5.41 Å². The zero-order valence-corrected chi connectivity index (χ0v) is 11.7. The van der Waals surface area contributed by atoms with Crippen molar-refractivity contribution in [1.82, 2.24) is 0 Å². The fourth-order valence-corrected chi connectivity index (χ4v) is 2.84. The molecule has 1 amide bonds. The maximum Gasteiger partial charge on any atom is 0.235 e. The molecule has 4 heteroatoms. The minimum atomic E-state index is -0.655. The van der Waals surface area contributed by atoms with E-state index in [0.717, 1.165) is 16.8 Å². The van der Waals surface area contributed by atoms with Crippen molar-refractivity contribution in [2.24, 2.45) is 0 Å². The van der Waals surface area contributed by atoms with Gasteiger partial charge in [-0.1, -0.05) is 29.8 Å². The highest BCUT2D eigenvalue weighted by Crippen LogP contribution is 2.41. The van der Waals surface area contributed by atoms with E-state index in [9.17, 15) is 9.18 Å². The highest BCUT2D eigenvalue weighted by atomic mass is 35.5. The molecule has 0 aromatic heterocycles. The molecule has 3 rings (SSSR count). The van der Waals surface area contributed by atoms with Gasteiger partial charge < -0.3 is 5.32 Å². The quantitative estimate of drug-likeness (QED) is 0.892. The maximum atomic E-state index is 13.0. The Balaban J connectivity index is 2.00. The van der Waals surface area contributed by atoms with Crippen LogP contribution in [0.25, 0.3) is 0 Å². The predicted molar refractivity (Wildman–Crippen MR) is 77.5 cm³/mol. The Morgan fingerprint density at radius 3 is 2.60 bits per heavy atom. The summed E-state index contributed by atoms with van der Waals surface area (Å²) in [6.07, 6.45) is 0.522. The highest BCUT2D eigenvalue weighted by molar-refractivity contribution is 6.31. The molecule has 1 aliphatic heterocycles. The summed E-state index contributed by atoms with van der Waals surface area (Å²) in [5.74, 6) is -0.332. The molecular formula is C16H13ClFNO. The van der Waals surface area contributed by atoms with Gasteiger partial charge in [0.25, 0.3) is 0 Å². The molecule has 0 saturated carbocycles. The second-order valence-corrected chi connectivity index (χ2v) is 5.72. The number of halogens is 2. The van der Waals surface area contributed by atoms with Crippen LogP contribution in [0.15, 0.2) is 42.5 Å². The first-order chi connectivity index (χ1) is 9.49. The molecule has 1 aliphatic rings. The lowest BCUT2D eigenvalue weighted by atomic mass is 9.78. The van der Waals surface area contributed by atoms with Gasteiger partial charge in [-0.15, -0.1) is 0 Å². The summed E-state index contributed by atoms with van der Waals surface area (Å²) in [4.78, 5) is 12.3. The fraction of sp³-hybridized carbons (Fsp3) is 0.188. The van der Waals surface area contributed by atoms with E-state index in [1.807, 2.05) is 13.0 Å². The third kappa shape index (κ3) is 2.08. The minimum absolute atomic E-state index is 0.0564. The summed E-state index contributed by atoms with van der Waals surface area (Å²) >= 11 is 5.95. The standard InChI is InChI=1S/C16H13ClFNO/c1-16(9-10-2-5-12(18)6-3-10)13-7-4-11(17)8-14(13)19-15(16)20/h2-8H,9H2,1H3,(H,19,20). The Labute approximate surface area is 121 Å². The van der Waals surface area contributed by atoms with Gasteiger partial charge >= 0.3 is 0 Å². The molecule has 0 fully saturated rings. The van der Waals surface area contributed by atoms with Crippen molar-refractivity contribution in [3.8, 4) is 0 Å². The summed E-state index contributed by atoms with van der Waals surface area (Å²) in [7, 11) is 0. The van der Waals surface area contributed by atoms with Gasteiger partial charge in [-0.3, -0.25) is 4.79 Å². The molecule has 1 heterocycles. The van der Waals surface area contributed by atoms with Crippen molar-refractivity contribution in [2.75, 3.05) is 5.32 Å². The number of rotatable bonds is 2. The molecule has 20 heavy (non-hydrogen) atoms. The average molecular weight is 290 g/mol. The molecule has 0 bridgehead atoms. The van der Waals surface area contributed by atoms with Crippen LogP contribution in [0, 0.1) is 5.82 Å². The van der Waals surface area contributed by atoms with E-state index in [1.165, 1.54) is 12.1 Å². The topological polar surface area (TPSA) is 29.1 Å². The fourth-order valence-electron chi connectivity index (χ4n) is 2.67. The number of hydrogen-bond acceptors (Lipinski definition) is 1. The second kappa shape index (κ2) is 4.60. The van der Waals surface area contributed by atoms with Crippen molar-refractivity contribution >= 4 is 23.2 Å². The average Bonchev–Trinajstić information content (AvgIpc) is 2.64. The Morgan fingerprint density at radius 2 is 1.90 bits per heavy atom. The largest absolute Gasteiger partial charge is 0.325 e. The van der Waals surface area contributed by atoms with Crippen molar-refractivity contribution < 1.29 is 9.18 Å². The first-order valence-corrected chi connectivity index (χ1v) is 6.73. The third-order valence-electron chi connectivity index (χ3n) is 3.80. The zero-order valence-electron chi connectivity index (χ0n) is 10.9. The van der Waals surface area contributed by atoms with Crippen LogP contribution in [0.1, 0.15) is 18.1 Å². The number of benzene rings is 2. The molecule has 2 aromatic rings. The second-order valence-electron chi connectivity index (χ2n) is 5.28. The summed E-state index contributed by atoms with van der Waals surface area (Å²) in [5.41, 5.74) is 1.95. The molecule has 0 aliphatic carbocycles. The first-order valence-electron chi connectivity index (χ1n) is 6.35. The summed E-state index contributed by atoms with van der Waals surface area (Å²) in [6.45, 7) is 1.89. The Hall–Kier alpha value is -1.87. The lowest BCUT2D eigenvalue weighted by Gasteiger charge is -2.22. The molecule has 2 aromatic carbocycles. The van der Waals surface area contributed by atoms with Gasteiger partial charge in [0.15, 0.2) is 0 Å². The van der Waals surface area contributed by atoms with Crippen LogP contribution in [0.4, 0.5) is 10.1 Å². The number of carbonyl (C=O) groups excluding carboxylic acids is 1. The van der Waals surface area contributed by atoms with E-state index in [1.54, 1.807) is 24.3 Å². The van der Waals surface area contributed by atoms with Crippen molar-refractivity contribution in [3.05, 3.63) is 64.4 Å². The molecule has 1 N–H and O–H groups in total. The van der Waals surface area contributed by atoms with Gasteiger partial charge in [0, 0.05) is 10.7 Å². The van der Waals surface area contributed by atoms with Gasteiger partial charge in [-0.05, 0) is 48.7 Å². The molecule has 1 atom stereocenters. The number of hydrogen-bond donors (Lipinski definition) is 1. The van der Waals surface area contributed by atoms with Crippen LogP contribution in [0.3, 0.4) is 0 Å². The molecule has 1 unspecified atom stereocenters. The number of nitrogens with one attached hydrogen (secondary N) is 1. The van der Waals surface area contributed by atoms with Crippen molar-refractivity contribution in [1.29, 1.82) is 0 Å². The van der Waals surface area contributed by atoms with E-state index >= 15 is 0 Å². The lowest BCUT2D eigenvalue weighted by Crippen LogP contribution is -2.33. The minimum Gasteiger partial charge on any atom is -0.325 e. The maximum absolute atomic E-state index is 13.0. The van der Waals surface area contributed by atoms with Crippen molar-refractivity contribution in [2.45, 2.75) is 18.8 Å². The molecular weight excluding hydrogens is 277 g/mol. The van der Waals surface area contributed by atoms with Crippen LogP contribution < -0.4 is 5.32 Å². The Kier molecular flexibility index (Phi) is 3.02. The third-order valence-corrected chi connectivity index (χ3v) is 4.03. The lowest BCUT2D eigenvalue weighted by molar-refractivity contribution is -0.120. The van der Waals surface area contributed by atoms with Crippen LogP contribution >= 0.6 is 11.6 Å². The molecule has 0 radical (unpaired) electrons. The zero-order chi connectivity index (χ0) is 14.3. The van der Waals surface area contributed by atoms with E-state index in [-0.39, 0.29) is 11.7 Å². The molecule has 0 spiro atoms. The van der Waals surface area contributed by atoms with Gasteiger partial charge in [0.2, 0.25) is 5.91 Å². The predicted octanol–water partition coefficient (Wildman–Crippen LogP) is 3.93. The SMILES string of the molecule is CC1(Cc2ccc(F)cc2)C(=O)Nc2cc(Cl)ccc21. The van der Waals surface area contributed by atoms with Crippen LogP contribution in [0.2, 0.25) is 5.02 Å². The monoisotopic (exact) mass is 289 g/mol. The van der Waals surface area contributed by atoms with Crippen LogP contribution in [0.5, 0.6) is 0 Å². The van der Waals surface area contributed by atoms with Crippen LogP contribution in [-0.4, -0.2) is 5.91 Å². The summed E-state index contributed by atoms with van der Waals surface area (Å²) in [5, 5.41) is 3.46. The molecule has 102 valence electrons. The summed E-state index contributed by atoms with van der Waals surface area (Å²) < 4.78 is 13.0. The molecule has 0 saturated heterocycles. The van der Waals surface area contributed by atoms with Gasteiger partial charge in [0.1, 0.15) is 5.82 Å². The Bertz CT molecular complexity index is 683. The van der Waals surface area contributed by atoms with E-state index in [0.29, 0.717) is 11.4 Å². The number of anilines is 1. The van der Waals surface area contributed by atoms with Crippen molar-refractivity contribution in [3.63, 3.8) is 0 Å².